The van der Waals surface area contributed by atoms with E-state index in [0.717, 1.165) is 31.4 Å². The molecule has 0 bridgehead atoms. The number of carbonyl (C=O) groups is 5. The third-order valence-electron chi connectivity index (χ3n) is 10.3. The Morgan fingerprint density at radius 1 is 0.671 bits per heavy atom. The van der Waals surface area contributed by atoms with E-state index in [1.807, 2.05) is 6.20 Å². The highest BCUT2D eigenvalue weighted by Gasteiger charge is 2.22. The van der Waals surface area contributed by atoms with E-state index in [1.54, 1.807) is 28.9 Å². The van der Waals surface area contributed by atoms with Crippen LogP contribution in [-0.4, -0.2) is 188 Å². The molecule has 396 valence electrons. The minimum atomic E-state index is -1.39. The molecule has 24 nitrogen and oxygen atoms in total. The molecule has 7 N–H and O–H groups in total. The van der Waals surface area contributed by atoms with Gasteiger partial charge in [0, 0.05) is 18.2 Å². The van der Waals surface area contributed by atoms with Gasteiger partial charge in [0.1, 0.15) is 31.6 Å². The molecule has 0 saturated heterocycles. The summed E-state index contributed by atoms with van der Waals surface area (Å²) in [7, 11) is 0. The molecule has 1 aromatic heterocycles. The van der Waals surface area contributed by atoms with E-state index in [9.17, 15) is 24.0 Å². The first kappa shape index (κ1) is 59.4. The zero-order valence-electron chi connectivity index (χ0n) is 40.5. The molecular weight excluding hydrogens is 921 g/mol. The molecule has 1 fully saturated rings. The number of unbranched alkanes of at least 4 members (excludes halogenated alkanes) is 1. The zero-order chi connectivity index (χ0) is 50.1. The number of rotatable bonds is 43. The van der Waals surface area contributed by atoms with E-state index in [0.29, 0.717) is 149 Å². The van der Waals surface area contributed by atoms with Crippen molar-refractivity contribution < 1.29 is 76.4 Å². The first-order chi connectivity index (χ1) is 34.2. The summed E-state index contributed by atoms with van der Waals surface area (Å²) in [5.41, 5.74) is 7.37. The minimum absolute atomic E-state index is 0.113. The normalized spacial score (nSPS) is 13.2. The van der Waals surface area contributed by atoms with Crippen LogP contribution in [0, 0.1) is 5.92 Å². The topological polar surface area (TPSA) is 303 Å². The molecule has 3 rings (SSSR count). The molecule has 1 aliphatic carbocycles. The van der Waals surface area contributed by atoms with Gasteiger partial charge in [0.25, 0.3) is 0 Å². The van der Waals surface area contributed by atoms with Crippen LogP contribution in [0.2, 0.25) is 0 Å². The lowest BCUT2D eigenvalue weighted by Crippen LogP contribution is -2.45. The van der Waals surface area contributed by atoms with Gasteiger partial charge in [-0.05, 0) is 56.3 Å². The molecule has 1 atom stereocenters. The van der Waals surface area contributed by atoms with Gasteiger partial charge < -0.3 is 79.5 Å². The SMILES string of the molecule is NCCCCC(NC(=O)COCC(=O)NCCOCCOCCOCCOCCOCCOCCOCCOCCn1cc(CNC(=O)C2CCCCC2)nn1)C(=O)Nc1ccc(COC(=O)O)cc1. The highest BCUT2D eigenvalue weighted by atomic mass is 16.7. The van der Waals surface area contributed by atoms with Gasteiger partial charge in [-0.3, -0.25) is 19.2 Å². The number of amides is 4. The maximum atomic E-state index is 12.9. The molecule has 1 unspecified atom stereocenters. The second-order valence-electron chi connectivity index (χ2n) is 15.9. The molecule has 24 heteroatoms. The van der Waals surface area contributed by atoms with Crippen molar-refractivity contribution >= 4 is 35.5 Å². The average molecular weight is 997 g/mol. The molecule has 4 amide bonds. The smallest absolute Gasteiger partial charge is 0.450 e. The van der Waals surface area contributed by atoms with Gasteiger partial charge in [0.05, 0.1) is 125 Å². The average Bonchev–Trinajstić information content (AvgIpc) is 3.82. The molecular formula is C46H76N8O16. The van der Waals surface area contributed by atoms with Crippen molar-refractivity contribution in [1.29, 1.82) is 0 Å². The van der Waals surface area contributed by atoms with Crippen LogP contribution in [0.3, 0.4) is 0 Å². The van der Waals surface area contributed by atoms with Crippen LogP contribution in [0.5, 0.6) is 0 Å². The molecule has 1 aliphatic rings. The quantitative estimate of drug-likeness (QED) is 0.0402. The van der Waals surface area contributed by atoms with E-state index in [-0.39, 0.29) is 38.2 Å². The largest absolute Gasteiger partial charge is 0.506 e. The van der Waals surface area contributed by atoms with Crippen molar-refractivity contribution in [3.63, 3.8) is 0 Å². The highest BCUT2D eigenvalue weighted by molar-refractivity contribution is 5.97. The van der Waals surface area contributed by atoms with Crippen molar-refractivity contribution in [2.24, 2.45) is 11.7 Å². The van der Waals surface area contributed by atoms with Crippen molar-refractivity contribution in [2.45, 2.75) is 77.1 Å². The third kappa shape index (κ3) is 30.7. The molecule has 1 saturated carbocycles. The van der Waals surface area contributed by atoms with Crippen LogP contribution in [0.25, 0.3) is 0 Å². The van der Waals surface area contributed by atoms with Crippen LogP contribution < -0.4 is 27.0 Å². The second kappa shape index (κ2) is 39.8. The summed E-state index contributed by atoms with van der Waals surface area (Å²) < 4.78 is 55.6. The van der Waals surface area contributed by atoms with Crippen LogP contribution in [0.1, 0.15) is 62.6 Å². The van der Waals surface area contributed by atoms with Gasteiger partial charge in [-0.1, -0.05) is 36.6 Å². The van der Waals surface area contributed by atoms with Crippen LogP contribution in [0.4, 0.5) is 10.5 Å². The number of aromatic nitrogens is 3. The number of carbonyl (C=O) groups excluding carboxylic acids is 4. The Labute approximate surface area is 409 Å². The van der Waals surface area contributed by atoms with E-state index in [1.165, 1.54) is 6.42 Å². The van der Waals surface area contributed by atoms with Gasteiger partial charge in [0.15, 0.2) is 0 Å². The van der Waals surface area contributed by atoms with Gasteiger partial charge in [-0.2, -0.15) is 0 Å². The molecule has 70 heavy (non-hydrogen) atoms. The van der Waals surface area contributed by atoms with Crippen LogP contribution in [-0.2, 0) is 86.2 Å². The maximum absolute atomic E-state index is 12.9. The fraction of sp³-hybridized carbons (Fsp3) is 0.717. The number of hydrogen-bond donors (Lipinski definition) is 6. The number of carboxylic acid groups (broad SMARTS) is 1. The minimum Gasteiger partial charge on any atom is -0.450 e. The number of hydrogen-bond acceptors (Lipinski definition) is 18. The molecule has 0 radical (unpaired) electrons. The van der Waals surface area contributed by atoms with Crippen LogP contribution in [0.15, 0.2) is 30.5 Å². The molecule has 0 aliphatic heterocycles. The van der Waals surface area contributed by atoms with Gasteiger partial charge in [-0.25, -0.2) is 9.48 Å². The van der Waals surface area contributed by atoms with Gasteiger partial charge >= 0.3 is 6.16 Å². The second-order valence-corrected chi connectivity index (χ2v) is 15.9. The van der Waals surface area contributed by atoms with Crippen molar-refractivity contribution in [3.05, 3.63) is 41.7 Å². The first-order valence-electron chi connectivity index (χ1n) is 24.1. The first-order valence-corrected chi connectivity index (χ1v) is 24.1. The standard InChI is InChI=1S/C46H76N8O16/c47-13-5-4-8-41(45(58)50-39-11-9-37(10-12-39)34-70-46(59)60)51-43(56)36-69-35-42(55)48-14-16-61-18-20-63-22-24-65-26-28-67-30-31-68-29-27-66-25-23-64-21-19-62-17-15-54-33-40(52-53-54)32-49-44(57)38-6-2-1-3-7-38/h9-12,33,38,41H,1-8,13-32,34-36,47H2,(H,48,55)(H,49,57)(H,50,58)(H,51,56)(H,59,60). The van der Waals surface area contributed by atoms with Crippen molar-refractivity contribution in [3.8, 4) is 0 Å². The van der Waals surface area contributed by atoms with E-state index < -0.39 is 36.5 Å². The highest BCUT2D eigenvalue weighted by Crippen LogP contribution is 2.23. The number of benzene rings is 1. The lowest BCUT2D eigenvalue weighted by Gasteiger charge is -2.20. The molecule has 0 spiro atoms. The zero-order valence-corrected chi connectivity index (χ0v) is 40.5. The van der Waals surface area contributed by atoms with Crippen molar-refractivity contribution in [2.75, 3.05) is 137 Å². The van der Waals surface area contributed by atoms with E-state index >= 15 is 0 Å². The Morgan fingerprint density at radius 2 is 1.21 bits per heavy atom. The van der Waals surface area contributed by atoms with E-state index in [4.69, 9.17) is 53.5 Å². The van der Waals surface area contributed by atoms with Gasteiger partial charge in [-0.15, -0.1) is 5.10 Å². The summed E-state index contributed by atoms with van der Waals surface area (Å²) in [4.78, 5) is 60.5. The Hall–Kier alpha value is -4.89. The van der Waals surface area contributed by atoms with Crippen molar-refractivity contribution in [1.82, 2.24) is 30.9 Å². The number of nitrogens with one attached hydrogen (secondary N) is 4. The lowest BCUT2D eigenvalue weighted by atomic mass is 9.89. The Morgan fingerprint density at radius 3 is 1.77 bits per heavy atom. The summed E-state index contributed by atoms with van der Waals surface area (Å²) in [5.74, 6) is -1.21. The third-order valence-corrected chi connectivity index (χ3v) is 10.3. The Kier molecular flexibility index (Phi) is 33.8. The summed E-state index contributed by atoms with van der Waals surface area (Å²) in [6.07, 6.45) is 7.44. The fourth-order valence-corrected chi connectivity index (χ4v) is 6.62. The number of anilines is 1. The lowest BCUT2D eigenvalue weighted by molar-refractivity contribution is -0.133. The predicted octanol–water partition coefficient (Wildman–Crippen LogP) is 1.19. The number of ether oxygens (including phenoxy) is 10. The van der Waals surface area contributed by atoms with E-state index in [2.05, 4.69) is 36.3 Å². The number of nitrogens with two attached hydrogens (primary N) is 1. The summed E-state index contributed by atoms with van der Waals surface area (Å²) in [6, 6.07) is 5.55. The fourth-order valence-electron chi connectivity index (χ4n) is 6.62. The summed E-state index contributed by atoms with van der Waals surface area (Å²) >= 11 is 0. The van der Waals surface area contributed by atoms with Gasteiger partial charge in [0.2, 0.25) is 23.6 Å². The monoisotopic (exact) mass is 997 g/mol. The molecule has 2 aromatic rings. The molecule has 1 aromatic carbocycles. The molecule has 1 heterocycles. The Bertz CT molecular complexity index is 1700. The van der Waals surface area contributed by atoms with Crippen LogP contribution >= 0.6 is 0 Å². The summed E-state index contributed by atoms with van der Waals surface area (Å²) in [6.45, 7) is 7.41. The summed E-state index contributed by atoms with van der Waals surface area (Å²) in [5, 5.41) is 27.9. The number of nitrogens with zero attached hydrogens (tertiary/aromatic N) is 3. The predicted molar refractivity (Wildman–Crippen MR) is 252 cm³/mol. The maximum Gasteiger partial charge on any atom is 0.506 e. The Balaban J connectivity index is 1.01.